The fraction of sp³-hybridized carbons (Fsp3) is 0.667. The van der Waals surface area contributed by atoms with Crippen LogP contribution in [0.2, 0.25) is 0 Å². The van der Waals surface area contributed by atoms with Gasteiger partial charge in [-0.15, -0.1) is 0 Å². The van der Waals surface area contributed by atoms with Crippen molar-refractivity contribution < 1.29 is 104 Å². The summed E-state index contributed by atoms with van der Waals surface area (Å²) >= 11 is 0. The number of aldehydes is 2. The van der Waals surface area contributed by atoms with Gasteiger partial charge in [-0.3, -0.25) is 9.11 Å². The first-order chi connectivity index (χ1) is 7.81. The Hall–Kier alpha value is 1.08. The van der Waals surface area contributed by atoms with Gasteiger partial charge in [-0.1, -0.05) is 6.92 Å². The van der Waals surface area contributed by atoms with E-state index in [-0.39, 0.29) is 65.0 Å². The van der Waals surface area contributed by atoms with Crippen LogP contribution in [0.3, 0.4) is 0 Å². The van der Waals surface area contributed by atoms with Crippen molar-refractivity contribution in [3.63, 3.8) is 0 Å². The summed E-state index contributed by atoms with van der Waals surface area (Å²) in [6, 6.07) is 0. The molecule has 0 spiro atoms. The SMILES string of the molecule is CC(CC=O)CC=O.O=S(=O)([O-])O.O=S(=O)([O-])O.[Na+].[Na+]. The average molecular weight is 354 g/mol. The maximum Gasteiger partial charge on any atom is 1.00 e. The summed E-state index contributed by atoms with van der Waals surface area (Å²) in [5, 5.41) is 0. The predicted octanol–water partition coefficient (Wildman–Crippen LogP) is -7.18. The van der Waals surface area contributed by atoms with Gasteiger partial charge in [-0.25, -0.2) is 16.8 Å². The van der Waals surface area contributed by atoms with Crippen molar-refractivity contribution in [2.24, 2.45) is 5.92 Å². The van der Waals surface area contributed by atoms with E-state index in [0.717, 1.165) is 12.6 Å². The Morgan fingerprint density at radius 1 is 0.900 bits per heavy atom. The van der Waals surface area contributed by atoms with Gasteiger partial charge in [0.15, 0.2) is 0 Å². The molecule has 14 heteroatoms. The molecule has 0 aliphatic carbocycles. The first-order valence-corrected chi connectivity index (χ1v) is 6.78. The van der Waals surface area contributed by atoms with E-state index in [0.29, 0.717) is 12.8 Å². The van der Waals surface area contributed by atoms with Gasteiger partial charge >= 0.3 is 59.1 Å². The second kappa shape index (κ2) is 18.1. The molecule has 110 valence electrons. The number of rotatable bonds is 4. The van der Waals surface area contributed by atoms with Crippen molar-refractivity contribution in [1.82, 2.24) is 0 Å². The molecule has 0 aromatic carbocycles. The minimum atomic E-state index is -4.92. The maximum absolute atomic E-state index is 9.77. The van der Waals surface area contributed by atoms with Gasteiger partial charge in [0.2, 0.25) is 20.8 Å². The van der Waals surface area contributed by atoms with Crippen molar-refractivity contribution in [3.8, 4) is 0 Å². The van der Waals surface area contributed by atoms with E-state index in [2.05, 4.69) is 0 Å². The summed E-state index contributed by atoms with van der Waals surface area (Å²) in [5.74, 6) is 0.227. The molecule has 0 fully saturated rings. The Kier molecular flexibility index (Phi) is 29.8. The number of hydrogen-bond acceptors (Lipinski definition) is 8. The zero-order valence-corrected chi connectivity index (χ0v) is 16.8. The van der Waals surface area contributed by atoms with E-state index in [1.807, 2.05) is 6.92 Å². The second-order valence-corrected chi connectivity index (χ2v) is 4.48. The van der Waals surface area contributed by atoms with Gasteiger partial charge in [0.05, 0.1) is 0 Å². The third kappa shape index (κ3) is 124. The van der Waals surface area contributed by atoms with Crippen LogP contribution in [0.1, 0.15) is 19.8 Å². The normalized spacial score (nSPS) is 9.50. The van der Waals surface area contributed by atoms with Gasteiger partial charge in [0.25, 0.3) is 0 Å². The summed E-state index contributed by atoms with van der Waals surface area (Å²) < 4.78 is 65.7. The Bertz CT molecular complexity index is 361. The van der Waals surface area contributed by atoms with Gasteiger partial charge in [0.1, 0.15) is 12.6 Å². The van der Waals surface area contributed by atoms with Crippen LogP contribution in [-0.2, 0) is 30.4 Å². The summed E-state index contributed by atoms with van der Waals surface area (Å²) in [7, 11) is -9.83. The molecule has 20 heavy (non-hydrogen) atoms. The van der Waals surface area contributed by atoms with Gasteiger partial charge in [-0.2, -0.15) is 0 Å². The maximum atomic E-state index is 9.77. The molecule has 2 N–H and O–H groups in total. The van der Waals surface area contributed by atoms with Crippen LogP contribution in [-0.4, -0.2) is 47.6 Å². The largest absolute Gasteiger partial charge is 1.00 e. The first-order valence-electron chi connectivity index (χ1n) is 4.05. The Balaban J connectivity index is -0.0000000558. The van der Waals surface area contributed by atoms with E-state index in [4.69, 9.17) is 35.0 Å². The van der Waals surface area contributed by atoms with Crippen LogP contribution in [0.5, 0.6) is 0 Å². The van der Waals surface area contributed by atoms with Crippen molar-refractivity contribution in [1.29, 1.82) is 0 Å². The van der Waals surface area contributed by atoms with Crippen LogP contribution >= 0.6 is 0 Å². The fourth-order valence-corrected chi connectivity index (χ4v) is 0.425. The van der Waals surface area contributed by atoms with Gasteiger partial charge in [-0.05, 0) is 5.92 Å². The van der Waals surface area contributed by atoms with Crippen molar-refractivity contribution in [2.45, 2.75) is 19.8 Å². The summed E-state index contributed by atoms with van der Waals surface area (Å²) in [6.07, 6.45) is 2.68. The molecule has 0 rings (SSSR count). The van der Waals surface area contributed by atoms with Crippen LogP contribution in [0.4, 0.5) is 0 Å². The topological polar surface area (TPSA) is 189 Å². The van der Waals surface area contributed by atoms with E-state index in [1.54, 1.807) is 0 Å². The first kappa shape index (κ1) is 32.9. The number of hydrogen-bond donors (Lipinski definition) is 2. The van der Waals surface area contributed by atoms with Crippen LogP contribution in [0, 0.1) is 5.92 Å². The molecule has 0 saturated carbocycles. The molecular weight excluding hydrogens is 342 g/mol. The minimum absolute atomic E-state index is 0. The fourth-order valence-electron chi connectivity index (χ4n) is 0.425. The standard InChI is InChI=1S/C6H10O2.2Na.2H2O4S/c1-6(2-4-7)3-5-8;;;2*1-5(2,3)4/h4-6H,2-3H2,1H3;;;2*(H2,1,2,3,4)/q;2*+1;;/p-2. The minimum Gasteiger partial charge on any atom is -0.726 e. The van der Waals surface area contributed by atoms with Crippen LogP contribution < -0.4 is 59.1 Å². The molecule has 0 aromatic heterocycles. The smallest absolute Gasteiger partial charge is 0.726 e. The monoisotopic (exact) mass is 354 g/mol. The molecular formula is C6H12Na2O10S2. The molecule has 0 aliphatic heterocycles. The third-order valence-electron chi connectivity index (χ3n) is 0.997. The summed E-state index contributed by atoms with van der Waals surface area (Å²) in [4.78, 5) is 19.5. The van der Waals surface area contributed by atoms with Crippen molar-refractivity contribution in [3.05, 3.63) is 0 Å². The Morgan fingerprint density at radius 3 is 1.15 bits per heavy atom. The van der Waals surface area contributed by atoms with E-state index < -0.39 is 20.8 Å². The summed E-state index contributed by atoms with van der Waals surface area (Å²) in [5.41, 5.74) is 0. The molecule has 0 bridgehead atoms. The Labute approximate surface area is 161 Å². The van der Waals surface area contributed by atoms with Crippen molar-refractivity contribution >= 4 is 33.4 Å². The number of carbonyl (C=O) groups is 2. The molecule has 0 radical (unpaired) electrons. The zero-order valence-electron chi connectivity index (χ0n) is 11.1. The summed E-state index contributed by atoms with van der Waals surface area (Å²) in [6.45, 7) is 1.88. The Morgan fingerprint density at radius 2 is 1.05 bits per heavy atom. The molecule has 0 unspecified atom stereocenters. The van der Waals surface area contributed by atoms with Gasteiger partial charge < -0.3 is 18.7 Å². The van der Waals surface area contributed by atoms with Crippen LogP contribution in [0.25, 0.3) is 0 Å². The molecule has 0 atom stereocenters. The number of carbonyl (C=O) groups excluding carboxylic acids is 2. The molecule has 0 saturated heterocycles. The molecule has 0 heterocycles. The molecule has 0 aliphatic rings. The molecule has 0 aromatic rings. The van der Waals surface area contributed by atoms with Crippen LogP contribution in [0.15, 0.2) is 0 Å². The quantitative estimate of drug-likeness (QED) is 0.212. The second-order valence-electron chi connectivity index (χ2n) is 2.77. The van der Waals surface area contributed by atoms with E-state index in [1.165, 1.54) is 0 Å². The van der Waals surface area contributed by atoms with E-state index in [9.17, 15) is 9.59 Å². The average Bonchev–Trinajstić information content (AvgIpc) is 1.97. The molecule has 10 nitrogen and oxygen atoms in total. The third-order valence-corrected chi connectivity index (χ3v) is 0.997. The van der Waals surface area contributed by atoms with Gasteiger partial charge in [0, 0.05) is 12.8 Å². The van der Waals surface area contributed by atoms with Crippen molar-refractivity contribution in [2.75, 3.05) is 0 Å². The van der Waals surface area contributed by atoms with E-state index >= 15 is 0 Å². The predicted molar refractivity (Wildman–Crippen MR) is 55.2 cm³/mol. The zero-order chi connectivity index (χ0) is 15.4. The molecule has 0 amide bonds.